The molecule has 0 unspecified atom stereocenters. The molecule has 0 heterocycles. The standard InChI is InChI=1S/C8H9IN2O/c1-10-8(12)6-3-2-4-7(5-6)11-9/h2-5,11H,1H3,(H,10,12). The molecule has 0 aliphatic rings. The van der Waals surface area contributed by atoms with E-state index in [4.69, 9.17) is 0 Å². The first-order valence-electron chi connectivity index (χ1n) is 3.46. The van der Waals surface area contributed by atoms with E-state index in [1.165, 1.54) is 0 Å². The van der Waals surface area contributed by atoms with Crippen molar-refractivity contribution in [3.8, 4) is 0 Å². The molecule has 0 aromatic heterocycles. The maximum Gasteiger partial charge on any atom is 0.251 e. The molecule has 0 atom stereocenters. The highest BCUT2D eigenvalue weighted by atomic mass is 127. The van der Waals surface area contributed by atoms with E-state index in [0.29, 0.717) is 5.56 Å². The number of benzene rings is 1. The number of nitrogens with one attached hydrogen (secondary N) is 2. The second-order valence-corrected chi connectivity index (χ2v) is 2.79. The minimum Gasteiger partial charge on any atom is -0.355 e. The number of hydrogen-bond acceptors (Lipinski definition) is 2. The van der Waals surface area contributed by atoms with Gasteiger partial charge in [0.2, 0.25) is 0 Å². The first kappa shape index (κ1) is 9.31. The summed E-state index contributed by atoms with van der Waals surface area (Å²) in [6, 6.07) is 7.31. The molecule has 64 valence electrons. The third-order valence-corrected chi connectivity index (χ3v) is 2.08. The van der Waals surface area contributed by atoms with Gasteiger partial charge >= 0.3 is 0 Å². The van der Waals surface area contributed by atoms with Crippen LogP contribution in [0.4, 0.5) is 5.69 Å². The van der Waals surface area contributed by atoms with Crippen molar-refractivity contribution in [3.63, 3.8) is 0 Å². The molecule has 3 nitrogen and oxygen atoms in total. The van der Waals surface area contributed by atoms with Crippen molar-refractivity contribution < 1.29 is 4.79 Å². The van der Waals surface area contributed by atoms with Gasteiger partial charge in [0, 0.05) is 18.3 Å². The molecule has 0 bridgehead atoms. The lowest BCUT2D eigenvalue weighted by Gasteiger charge is -2.01. The van der Waals surface area contributed by atoms with Crippen molar-refractivity contribution in [1.82, 2.24) is 5.32 Å². The zero-order valence-corrected chi connectivity index (χ0v) is 8.75. The van der Waals surface area contributed by atoms with Crippen molar-refractivity contribution in [1.29, 1.82) is 0 Å². The van der Waals surface area contributed by atoms with E-state index in [1.807, 2.05) is 35.0 Å². The smallest absolute Gasteiger partial charge is 0.251 e. The molecule has 12 heavy (non-hydrogen) atoms. The van der Waals surface area contributed by atoms with E-state index in [-0.39, 0.29) is 5.91 Å². The Labute approximate surface area is 85.0 Å². The van der Waals surface area contributed by atoms with Crippen LogP contribution in [0, 0.1) is 0 Å². The molecule has 0 fully saturated rings. The minimum absolute atomic E-state index is 0.0662. The van der Waals surface area contributed by atoms with Crippen LogP contribution < -0.4 is 8.85 Å². The number of rotatable bonds is 2. The lowest BCUT2D eigenvalue weighted by atomic mass is 10.2. The van der Waals surface area contributed by atoms with Crippen molar-refractivity contribution in [2.45, 2.75) is 0 Å². The maximum absolute atomic E-state index is 11.1. The van der Waals surface area contributed by atoms with Crippen LogP contribution in [0.15, 0.2) is 24.3 Å². The van der Waals surface area contributed by atoms with E-state index >= 15 is 0 Å². The number of carbonyl (C=O) groups is 1. The predicted molar refractivity (Wildman–Crippen MR) is 57.5 cm³/mol. The van der Waals surface area contributed by atoms with Gasteiger partial charge in [-0.25, -0.2) is 0 Å². The van der Waals surface area contributed by atoms with Gasteiger partial charge in [-0.15, -0.1) is 0 Å². The fourth-order valence-electron chi connectivity index (χ4n) is 0.864. The quantitative estimate of drug-likeness (QED) is 0.639. The van der Waals surface area contributed by atoms with E-state index < -0.39 is 0 Å². The lowest BCUT2D eigenvalue weighted by molar-refractivity contribution is 0.0963. The van der Waals surface area contributed by atoms with Crippen LogP contribution in [0.25, 0.3) is 0 Å². The maximum atomic E-state index is 11.1. The molecule has 0 saturated carbocycles. The Morgan fingerprint density at radius 1 is 1.50 bits per heavy atom. The molecule has 4 heteroatoms. The summed E-state index contributed by atoms with van der Waals surface area (Å²) in [5.41, 5.74) is 1.59. The monoisotopic (exact) mass is 276 g/mol. The summed E-state index contributed by atoms with van der Waals surface area (Å²) >= 11 is 2.02. The molecular weight excluding hydrogens is 267 g/mol. The molecular formula is C8H9IN2O. The van der Waals surface area contributed by atoms with E-state index in [2.05, 4.69) is 8.85 Å². The second-order valence-electron chi connectivity index (χ2n) is 2.25. The van der Waals surface area contributed by atoms with Crippen LogP contribution in [0.2, 0.25) is 0 Å². The second kappa shape index (κ2) is 4.30. The summed E-state index contributed by atoms with van der Waals surface area (Å²) in [5.74, 6) is -0.0662. The number of halogens is 1. The summed E-state index contributed by atoms with van der Waals surface area (Å²) in [6.45, 7) is 0. The van der Waals surface area contributed by atoms with Crippen molar-refractivity contribution in [3.05, 3.63) is 29.8 Å². The lowest BCUT2D eigenvalue weighted by Crippen LogP contribution is -2.17. The Morgan fingerprint density at radius 3 is 2.83 bits per heavy atom. The molecule has 1 aromatic rings. The van der Waals surface area contributed by atoms with Crippen LogP contribution in [0.5, 0.6) is 0 Å². The van der Waals surface area contributed by atoms with Crippen molar-refractivity contribution >= 4 is 34.5 Å². The van der Waals surface area contributed by atoms with Gasteiger partial charge < -0.3 is 8.85 Å². The van der Waals surface area contributed by atoms with Crippen LogP contribution in [-0.2, 0) is 0 Å². The Balaban J connectivity index is 2.93. The van der Waals surface area contributed by atoms with E-state index in [9.17, 15) is 4.79 Å². The van der Waals surface area contributed by atoms with Gasteiger partial charge in [0.1, 0.15) is 0 Å². The van der Waals surface area contributed by atoms with Gasteiger partial charge in [0.25, 0.3) is 5.91 Å². The molecule has 1 amide bonds. The first-order valence-corrected chi connectivity index (χ1v) is 4.54. The van der Waals surface area contributed by atoms with E-state index in [1.54, 1.807) is 19.2 Å². The number of anilines is 1. The summed E-state index contributed by atoms with van der Waals surface area (Å²) in [6.07, 6.45) is 0. The Bertz CT molecular complexity index is 288. The molecule has 1 aromatic carbocycles. The van der Waals surface area contributed by atoms with Crippen LogP contribution >= 0.6 is 22.9 Å². The molecule has 0 aliphatic carbocycles. The van der Waals surface area contributed by atoms with Gasteiger partial charge in [-0.05, 0) is 18.2 Å². The normalized spacial score (nSPS) is 9.17. The SMILES string of the molecule is CNC(=O)c1cccc(NI)c1. The van der Waals surface area contributed by atoms with Crippen LogP contribution in [-0.4, -0.2) is 13.0 Å². The van der Waals surface area contributed by atoms with Gasteiger partial charge in [-0.3, -0.25) is 4.79 Å². The molecule has 0 aliphatic heterocycles. The Kier molecular flexibility index (Phi) is 3.33. The molecule has 0 spiro atoms. The third kappa shape index (κ3) is 2.10. The zero-order chi connectivity index (χ0) is 8.97. The molecule has 0 saturated heterocycles. The van der Waals surface area contributed by atoms with Crippen molar-refractivity contribution in [2.24, 2.45) is 0 Å². The largest absolute Gasteiger partial charge is 0.355 e. The first-order chi connectivity index (χ1) is 5.77. The van der Waals surface area contributed by atoms with Gasteiger partial charge in [-0.2, -0.15) is 0 Å². The number of hydrogen-bond donors (Lipinski definition) is 2. The summed E-state index contributed by atoms with van der Waals surface area (Å²) in [7, 11) is 1.62. The van der Waals surface area contributed by atoms with Gasteiger partial charge in [0.05, 0.1) is 22.9 Å². The zero-order valence-electron chi connectivity index (χ0n) is 6.60. The van der Waals surface area contributed by atoms with E-state index in [0.717, 1.165) is 5.69 Å². The Morgan fingerprint density at radius 2 is 2.25 bits per heavy atom. The molecule has 2 N–H and O–H groups in total. The predicted octanol–water partition coefficient (Wildman–Crippen LogP) is 1.81. The minimum atomic E-state index is -0.0662. The number of amides is 1. The fraction of sp³-hybridized carbons (Fsp3) is 0.125. The van der Waals surface area contributed by atoms with Gasteiger partial charge in [0.15, 0.2) is 0 Å². The third-order valence-electron chi connectivity index (χ3n) is 1.46. The van der Waals surface area contributed by atoms with Gasteiger partial charge in [-0.1, -0.05) is 6.07 Å². The highest BCUT2D eigenvalue weighted by Crippen LogP contribution is 2.11. The summed E-state index contributed by atoms with van der Waals surface area (Å²) < 4.78 is 2.94. The highest BCUT2D eigenvalue weighted by Gasteiger charge is 2.01. The average molecular weight is 276 g/mol. The summed E-state index contributed by atoms with van der Waals surface area (Å²) in [4.78, 5) is 11.1. The highest BCUT2D eigenvalue weighted by molar-refractivity contribution is 14.1. The Hall–Kier alpha value is -0.780. The fourth-order valence-corrected chi connectivity index (χ4v) is 1.20. The molecule has 1 rings (SSSR count). The number of carbonyl (C=O) groups excluding carboxylic acids is 1. The van der Waals surface area contributed by atoms with Crippen LogP contribution in [0.3, 0.4) is 0 Å². The topological polar surface area (TPSA) is 41.1 Å². The summed E-state index contributed by atoms with van der Waals surface area (Å²) in [5, 5.41) is 2.56. The molecule has 0 radical (unpaired) electrons. The average Bonchev–Trinajstić information content (AvgIpc) is 2.17. The van der Waals surface area contributed by atoms with Crippen molar-refractivity contribution in [2.75, 3.05) is 10.6 Å². The van der Waals surface area contributed by atoms with Crippen LogP contribution in [0.1, 0.15) is 10.4 Å².